The summed E-state index contributed by atoms with van der Waals surface area (Å²) in [7, 11) is 0. The van der Waals surface area contributed by atoms with Crippen LogP contribution in [0.4, 0.5) is 0 Å². The SMILES string of the molecule is CC(C)(C)NCCc1cn(CC(=O)NC(C)(C)C)nn1. The summed E-state index contributed by atoms with van der Waals surface area (Å²) in [6.45, 7) is 13.3. The van der Waals surface area contributed by atoms with E-state index in [1.165, 1.54) is 0 Å². The molecule has 1 rings (SSSR count). The fourth-order valence-electron chi connectivity index (χ4n) is 1.70. The monoisotopic (exact) mass is 281 g/mol. The predicted octanol–water partition coefficient (Wildman–Crippen LogP) is 1.12. The molecule has 0 spiro atoms. The Hall–Kier alpha value is -1.43. The van der Waals surface area contributed by atoms with Gasteiger partial charge >= 0.3 is 0 Å². The first-order valence-corrected chi connectivity index (χ1v) is 7.00. The fraction of sp³-hybridized carbons (Fsp3) is 0.786. The van der Waals surface area contributed by atoms with Gasteiger partial charge in [-0.3, -0.25) is 4.79 Å². The second kappa shape index (κ2) is 6.35. The van der Waals surface area contributed by atoms with Crippen LogP contribution in [-0.2, 0) is 17.8 Å². The molecule has 0 unspecified atom stereocenters. The van der Waals surface area contributed by atoms with E-state index < -0.39 is 0 Å². The Morgan fingerprint density at radius 3 is 2.40 bits per heavy atom. The predicted molar refractivity (Wildman–Crippen MR) is 79.4 cm³/mol. The Balaban J connectivity index is 2.42. The minimum absolute atomic E-state index is 0.0539. The Morgan fingerprint density at radius 1 is 1.20 bits per heavy atom. The molecule has 1 heterocycles. The second-order valence-corrected chi connectivity index (χ2v) is 7.13. The van der Waals surface area contributed by atoms with Gasteiger partial charge < -0.3 is 10.6 Å². The zero-order valence-electron chi connectivity index (χ0n) is 13.4. The molecule has 6 nitrogen and oxygen atoms in total. The third kappa shape index (κ3) is 7.23. The Bertz CT molecular complexity index is 439. The van der Waals surface area contributed by atoms with Crippen LogP contribution in [0.1, 0.15) is 47.2 Å². The fourth-order valence-corrected chi connectivity index (χ4v) is 1.70. The van der Waals surface area contributed by atoms with Crippen LogP contribution in [0.25, 0.3) is 0 Å². The van der Waals surface area contributed by atoms with Crippen LogP contribution in [0.3, 0.4) is 0 Å². The van der Waals surface area contributed by atoms with Crippen molar-refractivity contribution in [2.75, 3.05) is 6.54 Å². The second-order valence-electron chi connectivity index (χ2n) is 7.13. The summed E-state index contributed by atoms with van der Waals surface area (Å²) in [6.07, 6.45) is 2.63. The number of nitrogens with one attached hydrogen (secondary N) is 2. The summed E-state index contributed by atoms with van der Waals surface area (Å²) in [5.74, 6) is -0.0539. The molecule has 0 atom stereocenters. The Kier molecular flexibility index (Phi) is 5.28. The van der Waals surface area contributed by atoms with Gasteiger partial charge in [0, 0.05) is 30.2 Å². The van der Waals surface area contributed by atoms with E-state index in [1.807, 2.05) is 27.0 Å². The highest BCUT2D eigenvalue weighted by Gasteiger charge is 2.14. The summed E-state index contributed by atoms with van der Waals surface area (Å²) < 4.78 is 1.58. The number of carbonyl (C=O) groups excluding carboxylic acids is 1. The van der Waals surface area contributed by atoms with Crippen LogP contribution in [0, 0.1) is 0 Å². The molecule has 0 saturated heterocycles. The van der Waals surface area contributed by atoms with Gasteiger partial charge in [-0.2, -0.15) is 0 Å². The van der Waals surface area contributed by atoms with Crippen LogP contribution >= 0.6 is 0 Å². The maximum atomic E-state index is 11.8. The standard InChI is InChI=1S/C14H27N5O/c1-13(2,3)15-8-7-11-9-19(18-17-11)10-12(20)16-14(4,5)6/h9,15H,7-8,10H2,1-6H3,(H,16,20). The summed E-state index contributed by atoms with van der Waals surface area (Å²) in [4.78, 5) is 11.8. The highest BCUT2D eigenvalue weighted by Crippen LogP contribution is 2.01. The first kappa shape index (κ1) is 16.6. The molecule has 6 heteroatoms. The van der Waals surface area contributed by atoms with E-state index in [0.717, 1.165) is 18.7 Å². The van der Waals surface area contributed by atoms with E-state index >= 15 is 0 Å². The molecule has 0 bridgehead atoms. The van der Waals surface area contributed by atoms with Crippen molar-refractivity contribution in [2.45, 2.75) is 65.6 Å². The van der Waals surface area contributed by atoms with Gasteiger partial charge in [0.25, 0.3) is 0 Å². The van der Waals surface area contributed by atoms with Crippen LogP contribution in [-0.4, -0.2) is 38.5 Å². The molecule has 0 aromatic carbocycles. The van der Waals surface area contributed by atoms with Crippen LogP contribution in [0.2, 0.25) is 0 Å². The number of hydrogen-bond donors (Lipinski definition) is 2. The summed E-state index contributed by atoms with van der Waals surface area (Å²) >= 11 is 0. The van der Waals surface area contributed by atoms with Gasteiger partial charge in [-0.15, -0.1) is 5.10 Å². The van der Waals surface area contributed by atoms with Crippen molar-refractivity contribution >= 4 is 5.91 Å². The zero-order chi connectivity index (χ0) is 15.4. The van der Waals surface area contributed by atoms with Crippen LogP contribution < -0.4 is 10.6 Å². The van der Waals surface area contributed by atoms with Gasteiger partial charge in [0.15, 0.2) is 0 Å². The minimum Gasteiger partial charge on any atom is -0.350 e. The quantitative estimate of drug-likeness (QED) is 0.848. The van der Waals surface area contributed by atoms with Crippen molar-refractivity contribution in [3.05, 3.63) is 11.9 Å². The Labute approximate surface area is 121 Å². The summed E-state index contributed by atoms with van der Waals surface area (Å²) in [6, 6.07) is 0. The molecule has 0 aliphatic carbocycles. The summed E-state index contributed by atoms with van der Waals surface area (Å²) in [5.41, 5.74) is 0.769. The lowest BCUT2D eigenvalue weighted by Gasteiger charge is -2.20. The van der Waals surface area contributed by atoms with Crippen molar-refractivity contribution in [1.29, 1.82) is 0 Å². The highest BCUT2D eigenvalue weighted by molar-refractivity contribution is 5.76. The van der Waals surface area contributed by atoms with Gasteiger partial charge in [-0.05, 0) is 41.5 Å². The minimum atomic E-state index is -0.225. The molecule has 0 aliphatic heterocycles. The average Bonchev–Trinajstić information content (AvgIpc) is 2.60. The maximum Gasteiger partial charge on any atom is 0.242 e. The first-order valence-electron chi connectivity index (χ1n) is 7.00. The Morgan fingerprint density at radius 2 is 1.85 bits per heavy atom. The van der Waals surface area contributed by atoms with Gasteiger partial charge in [0.05, 0.1) is 5.69 Å². The normalized spacial score (nSPS) is 12.5. The van der Waals surface area contributed by atoms with Crippen molar-refractivity contribution in [2.24, 2.45) is 0 Å². The zero-order valence-corrected chi connectivity index (χ0v) is 13.4. The van der Waals surface area contributed by atoms with Crippen LogP contribution in [0.15, 0.2) is 6.20 Å². The largest absolute Gasteiger partial charge is 0.350 e. The average molecular weight is 281 g/mol. The van der Waals surface area contributed by atoms with Gasteiger partial charge in [-0.1, -0.05) is 5.21 Å². The number of amides is 1. The third-order valence-corrected chi connectivity index (χ3v) is 2.44. The van der Waals surface area contributed by atoms with Gasteiger partial charge in [-0.25, -0.2) is 4.68 Å². The van der Waals surface area contributed by atoms with E-state index in [9.17, 15) is 4.79 Å². The molecule has 1 aromatic rings. The van der Waals surface area contributed by atoms with Crippen molar-refractivity contribution < 1.29 is 4.79 Å². The van der Waals surface area contributed by atoms with Crippen molar-refractivity contribution in [3.63, 3.8) is 0 Å². The topological polar surface area (TPSA) is 71.8 Å². The molecule has 1 aromatic heterocycles. The number of carbonyl (C=O) groups is 1. The maximum absolute atomic E-state index is 11.8. The molecule has 114 valence electrons. The molecular formula is C14H27N5O. The van der Waals surface area contributed by atoms with Crippen molar-refractivity contribution in [1.82, 2.24) is 25.6 Å². The third-order valence-electron chi connectivity index (χ3n) is 2.44. The molecule has 0 saturated carbocycles. The van der Waals surface area contributed by atoms with E-state index in [1.54, 1.807) is 4.68 Å². The molecular weight excluding hydrogens is 254 g/mol. The van der Waals surface area contributed by atoms with Gasteiger partial charge in [0.2, 0.25) is 5.91 Å². The first-order chi connectivity index (χ1) is 9.05. The molecule has 2 N–H and O–H groups in total. The molecule has 0 fully saturated rings. The highest BCUT2D eigenvalue weighted by atomic mass is 16.2. The molecule has 20 heavy (non-hydrogen) atoms. The van der Waals surface area contributed by atoms with Crippen molar-refractivity contribution in [3.8, 4) is 0 Å². The molecule has 0 radical (unpaired) electrons. The molecule has 0 aliphatic rings. The van der Waals surface area contributed by atoms with Gasteiger partial charge in [0.1, 0.15) is 6.54 Å². The lowest BCUT2D eigenvalue weighted by Crippen LogP contribution is -2.42. The number of nitrogens with zero attached hydrogens (tertiary/aromatic N) is 3. The lowest BCUT2D eigenvalue weighted by atomic mass is 10.1. The smallest absolute Gasteiger partial charge is 0.242 e. The number of hydrogen-bond acceptors (Lipinski definition) is 4. The van der Waals surface area contributed by atoms with E-state index in [4.69, 9.17) is 0 Å². The lowest BCUT2D eigenvalue weighted by molar-refractivity contribution is -0.123. The van der Waals surface area contributed by atoms with E-state index in [-0.39, 0.29) is 23.5 Å². The summed E-state index contributed by atoms with van der Waals surface area (Å²) in [5, 5.41) is 14.4. The number of rotatable bonds is 5. The number of aromatic nitrogens is 3. The van der Waals surface area contributed by atoms with E-state index in [0.29, 0.717) is 0 Å². The van der Waals surface area contributed by atoms with Crippen LogP contribution in [0.5, 0.6) is 0 Å². The van der Waals surface area contributed by atoms with E-state index in [2.05, 4.69) is 41.7 Å². The molecule has 1 amide bonds.